The fourth-order valence-corrected chi connectivity index (χ4v) is 4.41. The zero-order valence-corrected chi connectivity index (χ0v) is 14.5. The fraction of sp³-hybridized carbons (Fsp3) is 0.429. The Balaban J connectivity index is 1.69. The molecule has 130 valence electrons. The highest BCUT2D eigenvalue weighted by Crippen LogP contribution is 2.45. The van der Waals surface area contributed by atoms with Crippen molar-refractivity contribution in [1.82, 2.24) is 9.55 Å². The Morgan fingerprint density at radius 1 is 1.24 bits per heavy atom. The lowest BCUT2D eigenvalue weighted by Gasteiger charge is -2.24. The Morgan fingerprint density at radius 2 is 2.00 bits per heavy atom. The molecule has 1 aliphatic carbocycles. The molecule has 1 unspecified atom stereocenters. The molecule has 1 fully saturated rings. The van der Waals surface area contributed by atoms with Gasteiger partial charge in [-0.1, -0.05) is 37.5 Å². The van der Waals surface area contributed by atoms with Crippen LogP contribution in [0.15, 0.2) is 36.8 Å². The second kappa shape index (κ2) is 6.58. The number of benzene rings is 1. The summed E-state index contributed by atoms with van der Waals surface area (Å²) >= 11 is 0. The molecule has 0 radical (unpaired) electrons. The standard InChI is InChI=1S/C21H23FN2O/c1-14-19-12-23-13-24(19)18(11-20(25)15-7-3-2-4-8-15)21(14)16-9-5-6-10-17(16)22/h5-6,9-10,12-13,15,18H,2-4,7-8,11H2,1H3. The van der Waals surface area contributed by atoms with Gasteiger partial charge in [0.05, 0.1) is 24.3 Å². The van der Waals surface area contributed by atoms with Crippen molar-refractivity contribution in [3.05, 3.63) is 53.9 Å². The first-order chi connectivity index (χ1) is 12.2. The number of rotatable bonds is 4. The van der Waals surface area contributed by atoms with Gasteiger partial charge < -0.3 is 4.57 Å². The quantitative estimate of drug-likeness (QED) is 0.782. The number of fused-ring (bicyclic) bond motifs is 1. The van der Waals surface area contributed by atoms with Crippen molar-refractivity contribution in [2.75, 3.05) is 0 Å². The zero-order chi connectivity index (χ0) is 17.4. The minimum Gasteiger partial charge on any atom is -0.323 e. The topological polar surface area (TPSA) is 34.9 Å². The molecule has 1 aromatic heterocycles. The van der Waals surface area contributed by atoms with Crippen molar-refractivity contribution in [3.8, 4) is 0 Å². The average molecular weight is 338 g/mol. The van der Waals surface area contributed by atoms with E-state index in [2.05, 4.69) is 4.98 Å². The molecule has 3 nitrogen and oxygen atoms in total. The molecule has 1 aliphatic heterocycles. The first-order valence-corrected chi connectivity index (χ1v) is 9.17. The van der Waals surface area contributed by atoms with Crippen LogP contribution < -0.4 is 0 Å². The first-order valence-electron chi connectivity index (χ1n) is 9.17. The van der Waals surface area contributed by atoms with E-state index in [0.29, 0.717) is 17.8 Å². The van der Waals surface area contributed by atoms with E-state index in [1.54, 1.807) is 18.6 Å². The van der Waals surface area contributed by atoms with Crippen LogP contribution in [0.25, 0.3) is 11.1 Å². The van der Waals surface area contributed by atoms with Crippen LogP contribution in [0.3, 0.4) is 0 Å². The number of aromatic nitrogens is 2. The van der Waals surface area contributed by atoms with Gasteiger partial charge in [-0.25, -0.2) is 9.37 Å². The van der Waals surface area contributed by atoms with Crippen LogP contribution in [0.1, 0.15) is 62.7 Å². The molecule has 0 N–H and O–H groups in total. The van der Waals surface area contributed by atoms with E-state index in [-0.39, 0.29) is 17.8 Å². The summed E-state index contributed by atoms with van der Waals surface area (Å²) in [4.78, 5) is 17.1. The van der Waals surface area contributed by atoms with E-state index in [9.17, 15) is 9.18 Å². The second-order valence-corrected chi connectivity index (χ2v) is 7.23. The number of nitrogens with zero attached hydrogens (tertiary/aromatic N) is 2. The van der Waals surface area contributed by atoms with E-state index in [0.717, 1.165) is 42.5 Å². The van der Waals surface area contributed by atoms with Gasteiger partial charge in [0.15, 0.2) is 0 Å². The predicted octanol–water partition coefficient (Wildman–Crippen LogP) is 5.05. The smallest absolute Gasteiger partial charge is 0.138 e. The third-order valence-corrected chi connectivity index (χ3v) is 5.74. The maximum absolute atomic E-state index is 14.5. The van der Waals surface area contributed by atoms with Crippen LogP contribution in [-0.4, -0.2) is 15.3 Å². The van der Waals surface area contributed by atoms with Crippen molar-refractivity contribution < 1.29 is 9.18 Å². The summed E-state index contributed by atoms with van der Waals surface area (Å²) in [7, 11) is 0. The second-order valence-electron chi connectivity index (χ2n) is 7.23. The molecule has 0 bridgehead atoms. The predicted molar refractivity (Wildman–Crippen MR) is 96.4 cm³/mol. The van der Waals surface area contributed by atoms with Gasteiger partial charge in [0.1, 0.15) is 11.6 Å². The van der Waals surface area contributed by atoms with Gasteiger partial charge in [0.2, 0.25) is 0 Å². The molecule has 0 amide bonds. The van der Waals surface area contributed by atoms with Crippen molar-refractivity contribution in [2.45, 2.75) is 51.5 Å². The van der Waals surface area contributed by atoms with Crippen molar-refractivity contribution in [2.24, 2.45) is 5.92 Å². The van der Waals surface area contributed by atoms with Gasteiger partial charge in [-0.2, -0.15) is 0 Å². The lowest BCUT2D eigenvalue weighted by Crippen LogP contribution is -2.22. The van der Waals surface area contributed by atoms with Gasteiger partial charge in [-0.15, -0.1) is 0 Å². The number of imidazole rings is 1. The number of Topliss-reactive ketones (excluding diaryl/α,β-unsaturated/α-hetero) is 1. The van der Waals surface area contributed by atoms with Crippen LogP contribution >= 0.6 is 0 Å². The summed E-state index contributed by atoms with van der Waals surface area (Å²) in [5, 5.41) is 0. The molecule has 4 rings (SSSR count). The molecule has 2 heterocycles. The van der Waals surface area contributed by atoms with Crippen molar-refractivity contribution >= 4 is 16.9 Å². The number of carbonyl (C=O) groups excluding carboxylic acids is 1. The molecule has 25 heavy (non-hydrogen) atoms. The van der Waals surface area contributed by atoms with E-state index in [1.807, 2.05) is 23.6 Å². The lowest BCUT2D eigenvalue weighted by atomic mass is 9.82. The number of ketones is 1. The van der Waals surface area contributed by atoms with Gasteiger partial charge in [0.25, 0.3) is 0 Å². The number of hydrogen-bond acceptors (Lipinski definition) is 2. The summed E-state index contributed by atoms with van der Waals surface area (Å²) in [6.45, 7) is 2.00. The van der Waals surface area contributed by atoms with Gasteiger partial charge >= 0.3 is 0 Å². The Bertz CT molecular complexity index is 830. The number of allylic oxidation sites excluding steroid dienone is 2. The van der Waals surface area contributed by atoms with Crippen LogP contribution in [0.4, 0.5) is 4.39 Å². The highest BCUT2D eigenvalue weighted by atomic mass is 19.1. The van der Waals surface area contributed by atoms with E-state index < -0.39 is 0 Å². The maximum atomic E-state index is 14.5. The number of carbonyl (C=O) groups is 1. The summed E-state index contributed by atoms with van der Waals surface area (Å²) in [6, 6.07) is 6.70. The lowest BCUT2D eigenvalue weighted by molar-refractivity contribution is -0.124. The molecule has 4 heteroatoms. The minimum absolute atomic E-state index is 0.149. The maximum Gasteiger partial charge on any atom is 0.138 e. The van der Waals surface area contributed by atoms with Gasteiger partial charge in [-0.05, 0) is 37.0 Å². The van der Waals surface area contributed by atoms with E-state index >= 15 is 0 Å². The van der Waals surface area contributed by atoms with Gasteiger partial charge in [0, 0.05) is 17.9 Å². The Labute approximate surface area is 147 Å². The Hall–Kier alpha value is -2.23. The molecule has 0 saturated heterocycles. The Morgan fingerprint density at radius 3 is 2.76 bits per heavy atom. The Kier molecular flexibility index (Phi) is 4.28. The minimum atomic E-state index is -0.231. The van der Waals surface area contributed by atoms with Crippen molar-refractivity contribution in [1.29, 1.82) is 0 Å². The highest BCUT2D eigenvalue weighted by molar-refractivity contribution is 5.96. The van der Waals surface area contributed by atoms with Crippen LogP contribution in [0.2, 0.25) is 0 Å². The molecule has 2 aromatic rings. The fourth-order valence-electron chi connectivity index (χ4n) is 4.41. The normalized spacial score (nSPS) is 20.8. The SMILES string of the molecule is CC1=C(c2ccccc2F)C(CC(=O)C2CCCCC2)n2cncc21. The zero-order valence-electron chi connectivity index (χ0n) is 14.5. The van der Waals surface area contributed by atoms with Crippen molar-refractivity contribution in [3.63, 3.8) is 0 Å². The summed E-state index contributed by atoms with van der Waals surface area (Å²) in [6.07, 6.45) is 9.53. The monoisotopic (exact) mass is 338 g/mol. The molecular weight excluding hydrogens is 315 g/mol. The number of halogens is 1. The van der Waals surface area contributed by atoms with Gasteiger partial charge in [-0.3, -0.25) is 4.79 Å². The summed E-state index contributed by atoms with van der Waals surface area (Å²) < 4.78 is 16.5. The van der Waals surface area contributed by atoms with E-state index in [1.165, 1.54) is 12.5 Å². The van der Waals surface area contributed by atoms with Crippen LogP contribution in [0, 0.1) is 11.7 Å². The summed E-state index contributed by atoms with van der Waals surface area (Å²) in [5.74, 6) is 0.252. The van der Waals surface area contributed by atoms with Crippen LogP contribution in [0.5, 0.6) is 0 Å². The molecule has 2 aliphatic rings. The van der Waals surface area contributed by atoms with E-state index in [4.69, 9.17) is 0 Å². The molecule has 1 aromatic carbocycles. The molecule has 1 atom stereocenters. The third kappa shape index (κ3) is 2.84. The number of hydrogen-bond donors (Lipinski definition) is 0. The largest absolute Gasteiger partial charge is 0.323 e. The summed E-state index contributed by atoms with van der Waals surface area (Å²) in [5.41, 5.74) is 3.54. The third-order valence-electron chi connectivity index (χ3n) is 5.74. The average Bonchev–Trinajstić information content (AvgIpc) is 3.20. The molecule has 1 saturated carbocycles. The van der Waals surface area contributed by atoms with Crippen LogP contribution in [-0.2, 0) is 4.79 Å². The first kappa shape index (κ1) is 16.2. The molecule has 0 spiro atoms. The molecular formula is C21H23FN2O. The highest BCUT2D eigenvalue weighted by Gasteiger charge is 2.34.